The fourth-order valence-electron chi connectivity index (χ4n) is 1.93. The van der Waals surface area contributed by atoms with E-state index in [0.29, 0.717) is 13.2 Å². The van der Waals surface area contributed by atoms with Gasteiger partial charge in [-0.25, -0.2) is 0 Å². The van der Waals surface area contributed by atoms with Gasteiger partial charge in [-0.05, 0) is 45.0 Å². The second-order valence-electron chi connectivity index (χ2n) is 5.90. The Hall–Kier alpha value is -1.10. The van der Waals surface area contributed by atoms with E-state index >= 15 is 0 Å². The van der Waals surface area contributed by atoms with Crippen molar-refractivity contribution in [1.82, 2.24) is 5.32 Å². The van der Waals surface area contributed by atoms with E-state index in [1.165, 1.54) is 0 Å². The van der Waals surface area contributed by atoms with Crippen LogP contribution in [0, 0.1) is 0 Å². The minimum Gasteiger partial charge on any atom is -0.497 e. The van der Waals surface area contributed by atoms with E-state index in [0.717, 1.165) is 24.4 Å². The van der Waals surface area contributed by atoms with Crippen molar-refractivity contribution in [3.8, 4) is 5.75 Å². The van der Waals surface area contributed by atoms with Crippen LogP contribution >= 0.6 is 0 Å². The minimum atomic E-state index is -0.128. The van der Waals surface area contributed by atoms with Crippen LogP contribution < -0.4 is 10.1 Å². The summed E-state index contributed by atoms with van der Waals surface area (Å²) in [4.78, 5) is 0. The lowest BCUT2D eigenvalue weighted by Gasteiger charge is -2.22. The molecule has 0 saturated carbocycles. The number of ether oxygens (including phenoxy) is 3. The van der Waals surface area contributed by atoms with Crippen molar-refractivity contribution in [3.63, 3.8) is 0 Å². The highest BCUT2D eigenvalue weighted by molar-refractivity contribution is 5.30. The normalized spacial score (nSPS) is 13.2. The molecule has 120 valence electrons. The summed E-state index contributed by atoms with van der Waals surface area (Å²) in [7, 11) is 1.68. The molecule has 1 aromatic rings. The van der Waals surface area contributed by atoms with Crippen LogP contribution in [0.3, 0.4) is 0 Å². The number of benzene rings is 1. The maximum atomic E-state index is 5.98. The molecule has 1 atom stereocenters. The van der Waals surface area contributed by atoms with E-state index in [4.69, 9.17) is 14.2 Å². The molecule has 4 nitrogen and oxygen atoms in total. The standard InChI is InChI=1S/C17H29NO3/c1-6-18-13-16(20-10-11-21-17(2,3)4)14-8-7-9-15(12-14)19-5/h7-9,12,16,18H,6,10-11,13H2,1-5H3. The molecule has 0 aromatic heterocycles. The molecule has 1 unspecified atom stereocenters. The maximum Gasteiger partial charge on any atom is 0.119 e. The largest absolute Gasteiger partial charge is 0.497 e. The molecule has 0 bridgehead atoms. The molecule has 0 saturated heterocycles. The third kappa shape index (κ3) is 7.46. The van der Waals surface area contributed by atoms with Gasteiger partial charge in [0.05, 0.1) is 32.0 Å². The lowest BCUT2D eigenvalue weighted by atomic mass is 10.1. The van der Waals surface area contributed by atoms with Crippen LogP contribution in [0.5, 0.6) is 5.75 Å². The van der Waals surface area contributed by atoms with Crippen molar-refractivity contribution in [2.45, 2.75) is 39.4 Å². The lowest BCUT2D eigenvalue weighted by Crippen LogP contribution is -2.26. The van der Waals surface area contributed by atoms with Crippen molar-refractivity contribution in [1.29, 1.82) is 0 Å². The lowest BCUT2D eigenvalue weighted by molar-refractivity contribution is -0.0518. The first-order valence-corrected chi connectivity index (χ1v) is 7.56. The zero-order valence-corrected chi connectivity index (χ0v) is 13.9. The van der Waals surface area contributed by atoms with E-state index in [1.807, 2.05) is 39.0 Å². The Morgan fingerprint density at radius 3 is 2.57 bits per heavy atom. The summed E-state index contributed by atoms with van der Waals surface area (Å²) in [5.74, 6) is 0.850. The predicted molar refractivity (Wildman–Crippen MR) is 85.9 cm³/mol. The van der Waals surface area contributed by atoms with Crippen LogP contribution in [-0.4, -0.2) is 39.0 Å². The van der Waals surface area contributed by atoms with Crippen LogP contribution in [0.25, 0.3) is 0 Å². The van der Waals surface area contributed by atoms with Crippen molar-refractivity contribution >= 4 is 0 Å². The van der Waals surface area contributed by atoms with Crippen molar-refractivity contribution in [3.05, 3.63) is 29.8 Å². The van der Waals surface area contributed by atoms with E-state index in [-0.39, 0.29) is 11.7 Å². The third-order valence-corrected chi connectivity index (χ3v) is 2.98. The average Bonchev–Trinajstić information content (AvgIpc) is 2.45. The van der Waals surface area contributed by atoms with Gasteiger partial charge in [0.15, 0.2) is 0 Å². The van der Waals surface area contributed by atoms with Gasteiger partial charge in [-0.15, -0.1) is 0 Å². The highest BCUT2D eigenvalue weighted by Crippen LogP contribution is 2.21. The monoisotopic (exact) mass is 295 g/mol. The summed E-state index contributed by atoms with van der Waals surface area (Å²) < 4.78 is 17.0. The number of nitrogens with one attached hydrogen (secondary N) is 1. The molecular formula is C17H29NO3. The molecule has 0 radical (unpaired) electrons. The minimum absolute atomic E-state index is 0.00335. The molecule has 0 fully saturated rings. The Kier molecular flexibility index (Phi) is 7.72. The van der Waals surface area contributed by atoms with Gasteiger partial charge in [0, 0.05) is 6.54 Å². The van der Waals surface area contributed by atoms with E-state index in [1.54, 1.807) is 7.11 Å². The first kappa shape index (κ1) is 18.0. The topological polar surface area (TPSA) is 39.7 Å². The van der Waals surface area contributed by atoms with Crippen molar-refractivity contribution < 1.29 is 14.2 Å². The second kappa shape index (κ2) is 9.03. The van der Waals surface area contributed by atoms with Gasteiger partial charge in [-0.1, -0.05) is 19.1 Å². The molecule has 0 aliphatic rings. The summed E-state index contributed by atoms with van der Waals surface area (Å²) >= 11 is 0. The zero-order valence-electron chi connectivity index (χ0n) is 13.9. The van der Waals surface area contributed by atoms with Gasteiger partial charge in [0.25, 0.3) is 0 Å². The molecule has 1 N–H and O–H groups in total. The molecule has 0 aliphatic heterocycles. The van der Waals surface area contributed by atoms with E-state index in [2.05, 4.69) is 18.3 Å². The number of hydrogen-bond acceptors (Lipinski definition) is 4. The van der Waals surface area contributed by atoms with Gasteiger partial charge in [0.2, 0.25) is 0 Å². The fraction of sp³-hybridized carbons (Fsp3) is 0.647. The first-order valence-electron chi connectivity index (χ1n) is 7.56. The summed E-state index contributed by atoms with van der Waals surface area (Å²) in [6, 6.07) is 8.01. The highest BCUT2D eigenvalue weighted by Gasteiger charge is 2.14. The molecule has 4 heteroatoms. The van der Waals surface area contributed by atoms with Crippen molar-refractivity contribution in [2.24, 2.45) is 0 Å². The maximum absolute atomic E-state index is 5.98. The van der Waals surface area contributed by atoms with Gasteiger partial charge in [0.1, 0.15) is 5.75 Å². The Morgan fingerprint density at radius 1 is 1.19 bits per heavy atom. The predicted octanol–water partition coefficient (Wildman–Crippen LogP) is 3.18. The average molecular weight is 295 g/mol. The van der Waals surface area contributed by atoms with Crippen LogP contribution in [0.1, 0.15) is 39.4 Å². The molecule has 1 aromatic carbocycles. The fourth-order valence-corrected chi connectivity index (χ4v) is 1.93. The third-order valence-electron chi connectivity index (χ3n) is 2.98. The summed E-state index contributed by atoms with van der Waals surface area (Å²) in [6.45, 7) is 11.1. The van der Waals surface area contributed by atoms with Crippen LogP contribution in [0.2, 0.25) is 0 Å². The van der Waals surface area contributed by atoms with E-state index < -0.39 is 0 Å². The first-order chi connectivity index (χ1) is 9.96. The zero-order chi connectivity index (χ0) is 15.7. The Morgan fingerprint density at radius 2 is 1.95 bits per heavy atom. The number of rotatable bonds is 9. The summed E-state index contributed by atoms with van der Waals surface area (Å²) in [5, 5.41) is 3.33. The molecule has 0 spiro atoms. The number of methoxy groups -OCH3 is 1. The van der Waals surface area contributed by atoms with E-state index in [9.17, 15) is 0 Å². The van der Waals surface area contributed by atoms with Crippen LogP contribution in [0.4, 0.5) is 0 Å². The highest BCUT2D eigenvalue weighted by atomic mass is 16.5. The SMILES string of the molecule is CCNCC(OCCOC(C)(C)C)c1cccc(OC)c1. The number of likely N-dealkylation sites (N-methyl/N-ethyl adjacent to an activating group) is 1. The second-order valence-corrected chi connectivity index (χ2v) is 5.90. The van der Waals surface area contributed by atoms with Gasteiger partial charge >= 0.3 is 0 Å². The summed E-state index contributed by atoms with van der Waals surface area (Å²) in [5.41, 5.74) is 0.988. The Bertz CT molecular complexity index is 401. The molecule has 0 heterocycles. The molecule has 0 aliphatic carbocycles. The summed E-state index contributed by atoms with van der Waals surface area (Å²) in [6.07, 6.45) is 0.00335. The molecular weight excluding hydrogens is 266 g/mol. The number of hydrogen-bond donors (Lipinski definition) is 1. The molecule has 0 amide bonds. The van der Waals surface area contributed by atoms with Crippen LogP contribution in [-0.2, 0) is 9.47 Å². The Balaban J connectivity index is 2.58. The molecule has 1 rings (SSSR count). The molecule has 21 heavy (non-hydrogen) atoms. The van der Waals surface area contributed by atoms with Gasteiger partial charge in [-0.2, -0.15) is 0 Å². The van der Waals surface area contributed by atoms with Gasteiger partial charge < -0.3 is 19.5 Å². The Labute approximate surface area is 128 Å². The van der Waals surface area contributed by atoms with Gasteiger partial charge in [-0.3, -0.25) is 0 Å². The quantitative estimate of drug-likeness (QED) is 0.710. The van der Waals surface area contributed by atoms with Crippen molar-refractivity contribution in [2.75, 3.05) is 33.4 Å². The smallest absolute Gasteiger partial charge is 0.119 e. The van der Waals surface area contributed by atoms with Crippen LogP contribution in [0.15, 0.2) is 24.3 Å².